The first-order valence-electron chi connectivity index (χ1n) is 19.1. The number of para-hydroxylation sites is 3. The van der Waals surface area contributed by atoms with Crippen LogP contribution in [0.4, 0.5) is 34.1 Å². The van der Waals surface area contributed by atoms with Crippen LogP contribution in [0, 0.1) is 0 Å². The highest BCUT2D eigenvalue weighted by Crippen LogP contribution is 2.54. The molecule has 262 valence electrons. The maximum absolute atomic E-state index is 2.47. The van der Waals surface area contributed by atoms with Crippen molar-refractivity contribution < 1.29 is 0 Å². The summed E-state index contributed by atoms with van der Waals surface area (Å²) in [6, 6.07) is 74.9. The number of nitrogens with zero attached hydrogens (tertiary/aromatic N) is 2. The highest BCUT2D eigenvalue weighted by Gasteiger charge is 2.38. The van der Waals surface area contributed by atoms with Crippen molar-refractivity contribution in [3.8, 4) is 22.3 Å². The number of hydrogen-bond acceptors (Lipinski definition) is 2. The third-order valence-corrected chi connectivity index (χ3v) is 11.4. The Balaban J connectivity index is 1.08. The van der Waals surface area contributed by atoms with Crippen molar-refractivity contribution in [2.75, 3.05) is 9.80 Å². The largest absolute Gasteiger partial charge is 0.310 e. The van der Waals surface area contributed by atoms with Crippen LogP contribution in [0.5, 0.6) is 0 Å². The molecule has 0 saturated carbocycles. The predicted octanol–water partition coefficient (Wildman–Crippen LogP) is 14.9. The maximum Gasteiger partial charge on any atom is 0.0468 e. The third-order valence-electron chi connectivity index (χ3n) is 11.4. The predicted molar refractivity (Wildman–Crippen MR) is 234 cm³/mol. The minimum absolute atomic E-state index is 0.210. The van der Waals surface area contributed by atoms with Crippen LogP contribution in [0.1, 0.15) is 25.0 Å². The molecule has 2 nitrogen and oxygen atoms in total. The summed E-state index contributed by atoms with van der Waals surface area (Å²) in [5, 5.41) is 5.03. The zero-order valence-electron chi connectivity index (χ0n) is 31.0. The number of benzene rings is 9. The van der Waals surface area contributed by atoms with Crippen LogP contribution < -0.4 is 9.80 Å². The Labute approximate surface area is 323 Å². The summed E-state index contributed by atoms with van der Waals surface area (Å²) in [6.07, 6.45) is 0. The van der Waals surface area contributed by atoms with E-state index in [1.165, 1.54) is 54.9 Å². The zero-order valence-corrected chi connectivity index (χ0v) is 31.0. The summed E-state index contributed by atoms with van der Waals surface area (Å²) < 4.78 is 0. The summed E-state index contributed by atoms with van der Waals surface area (Å²) in [6.45, 7) is 4.78. The van der Waals surface area contributed by atoms with Crippen molar-refractivity contribution in [3.63, 3.8) is 0 Å². The Morgan fingerprint density at radius 3 is 1.42 bits per heavy atom. The molecule has 0 bridgehead atoms. The van der Waals surface area contributed by atoms with E-state index < -0.39 is 0 Å². The minimum Gasteiger partial charge on any atom is -0.310 e. The molecule has 55 heavy (non-hydrogen) atoms. The van der Waals surface area contributed by atoms with Gasteiger partial charge in [-0.3, -0.25) is 0 Å². The molecule has 0 fully saturated rings. The molecule has 0 heterocycles. The van der Waals surface area contributed by atoms with Crippen molar-refractivity contribution in [3.05, 3.63) is 217 Å². The van der Waals surface area contributed by atoms with Crippen LogP contribution in [0.2, 0.25) is 0 Å². The lowest BCUT2D eigenvalue weighted by Gasteiger charge is -2.28. The first kappa shape index (κ1) is 32.7. The Kier molecular flexibility index (Phi) is 7.85. The van der Waals surface area contributed by atoms with Gasteiger partial charge in [0.25, 0.3) is 0 Å². The average molecular weight is 705 g/mol. The van der Waals surface area contributed by atoms with Gasteiger partial charge in [-0.15, -0.1) is 0 Å². The first-order valence-corrected chi connectivity index (χ1v) is 19.1. The maximum atomic E-state index is 2.47. The second-order valence-corrected chi connectivity index (χ2v) is 15.0. The van der Waals surface area contributed by atoms with Crippen LogP contribution in [-0.4, -0.2) is 0 Å². The van der Waals surface area contributed by atoms with Gasteiger partial charge >= 0.3 is 0 Å². The minimum atomic E-state index is -0.210. The van der Waals surface area contributed by atoms with E-state index >= 15 is 0 Å². The van der Waals surface area contributed by atoms with E-state index in [0.29, 0.717) is 0 Å². The lowest BCUT2D eigenvalue weighted by molar-refractivity contribution is 0.661. The van der Waals surface area contributed by atoms with E-state index in [1.807, 2.05) is 0 Å². The van der Waals surface area contributed by atoms with Gasteiger partial charge in [-0.1, -0.05) is 141 Å². The highest BCUT2D eigenvalue weighted by atomic mass is 15.1. The summed E-state index contributed by atoms with van der Waals surface area (Å²) in [5.74, 6) is 0. The van der Waals surface area contributed by atoms with Gasteiger partial charge in [-0.05, 0) is 134 Å². The molecule has 10 rings (SSSR count). The zero-order chi connectivity index (χ0) is 36.9. The Bertz CT molecular complexity index is 2780. The molecule has 0 amide bonds. The molecule has 1 aliphatic rings. The Morgan fingerprint density at radius 2 is 0.800 bits per heavy atom. The molecule has 9 aromatic rings. The second-order valence-electron chi connectivity index (χ2n) is 15.0. The Morgan fingerprint density at radius 1 is 0.327 bits per heavy atom. The molecule has 9 aromatic carbocycles. The van der Waals surface area contributed by atoms with E-state index in [0.717, 1.165) is 34.1 Å². The second kappa shape index (κ2) is 13.2. The van der Waals surface area contributed by atoms with Crippen molar-refractivity contribution >= 4 is 55.7 Å². The standard InChI is InChI=1S/C53H40N2/c1-53(2)50-35-45(54(40-18-6-3-7-19-40)41-20-8-4-9-21-41)32-33-48(50)52-47-25-15-14-24-46(47)49(36-51(52)53)38-27-29-43(30-28-38)55(42-22-10-5-11-23-42)44-31-26-37-16-12-13-17-39(37)34-44/h3-36H,1-2H3. The van der Waals surface area contributed by atoms with Gasteiger partial charge in [-0.2, -0.15) is 0 Å². The van der Waals surface area contributed by atoms with Gasteiger partial charge in [-0.25, -0.2) is 0 Å². The van der Waals surface area contributed by atoms with E-state index in [9.17, 15) is 0 Å². The highest BCUT2D eigenvalue weighted by molar-refractivity contribution is 6.09. The van der Waals surface area contributed by atoms with Crippen molar-refractivity contribution in [2.45, 2.75) is 19.3 Å². The molecule has 0 N–H and O–H groups in total. The molecule has 2 heteroatoms. The smallest absolute Gasteiger partial charge is 0.0468 e. The number of anilines is 6. The van der Waals surface area contributed by atoms with E-state index in [-0.39, 0.29) is 5.41 Å². The van der Waals surface area contributed by atoms with Gasteiger partial charge in [0.1, 0.15) is 0 Å². The van der Waals surface area contributed by atoms with Gasteiger partial charge in [0.2, 0.25) is 0 Å². The SMILES string of the molecule is CC1(C)c2cc(N(c3ccccc3)c3ccccc3)ccc2-c2c1cc(-c1ccc(N(c3ccccc3)c3ccc4ccccc4c3)cc1)c1ccccc21. The molecule has 0 atom stereocenters. The lowest BCUT2D eigenvalue weighted by Crippen LogP contribution is -2.16. The van der Waals surface area contributed by atoms with Crippen LogP contribution in [0.15, 0.2) is 206 Å². The summed E-state index contributed by atoms with van der Waals surface area (Å²) in [5.41, 5.74) is 14.5. The van der Waals surface area contributed by atoms with Gasteiger partial charge in [0.05, 0.1) is 0 Å². The van der Waals surface area contributed by atoms with Crippen molar-refractivity contribution in [2.24, 2.45) is 0 Å². The van der Waals surface area contributed by atoms with Gasteiger partial charge < -0.3 is 9.80 Å². The monoisotopic (exact) mass is 704 g/mol. The fourth-order valence-corrected chi connectivity index (χ4v) is 8.68. The van der Waals surface area contributed by atoms with Crippen molar-refractivity contribution in [1.29, 1.82) is 0 Å². The van der Waals surface area contributed by atoms with E-state index in [1.54, 1.807) is 0 Å². The lowest BCUT2D eigenvalue weighted by atomic mass is 9.80. The molecule has 0 radical (unpaired) electrons. The molecule has 0 saturated heterocycles. The topological polar surface area (TPSA) is 6.48 Å². The van der Waals surface area contributed by atoms with Gasteiger partial charge in [0.15, 0.2) is 0 Å². The third kappa shape index (κ3) is 5.57. The fourth-order valence-electron chi connectivity index (χ4n) is 8.68. The van der Waals surface area contributed by atoms with Crippen LogP contribution in [0.3, 0.4) is 0 Å². The molecule has 1 aliphatic carbocycles. The molecule has 0 aliphatic heterocycles. The first-order chi connectivity index (χ1) is 27.0. The average Bonchev–Trinajstić information content (AvgIpc) is 3.47. The number of fused-ring (bicyclic) bond motifs is 6. The number of rotatable bonds is 7. The fraction of sp³-hybridized carbons (Fsp3) is 0.0566. The van der Waals surface area contributed by atoms with Crippen LogP contribution >= 0.6 is 0 Å². The molecule has 0 aromatic heterocycles. The van der Waals surface area contributed by atoms with Crippen LogP contribution in [0.25, 0.3) is 43.8 Å². The normalized spacial score (nSPS) is 12.7. The number of hydrogen-bond donors (Lipinski definition) is 0. The molecule has 0 unspecified atom stereocenters. The van der Waals surface area contributed by atoms with E-state index in [4.69, 9.17) is 0 Å². The van der Waals surface area contributed by atoms with Gasteiger partial charge in [0, 0.05) is 39.5 Å². The Hall–Kier alpha value is -6.90. The van der Waals surface area contributed by atoms with E-state index in [2.05, 4.69) is 230 Å². The summed E-state index contributed by atoms with van der Waals surface area (Å²) in [7, 11) is 0. The summed E-state index contributed by atoms with van der Waals surface area (Å²) in [4.78, 5) is 4.71. The molecule has 0 spiro atoms. The molecular formula is C53H40N2. The van der Waals surface area contributed by atoms with Crippen LogP contribution in [-0.2, 0) is 5.41 Å². The van der Waals surface area contributed by atoms with Crippen molar-refractivity contribution in [1.82, 2.24) is 0 Å². The summed E-state index contributed by atoms with van der Waals surface area (Å²) >= 11 is 0. The molecular weight excluding hydrogens is 665 g/mol. The quantitative estimate of drug-likeness (QED) is 0.163.